The summed E-state index contributed by atoms with van der Waals surface area (Å²) in [7, 11) is 0. The van der Waals surface area contributed by atoms with Crippen LogP contribution in [0.4, 0.5) is 0 Å². The van der Waals surface area contributed by atoms with E-state index in [0.29, 0.717) is 11.8 Å². The standard InChI is InChI=1S/C27H26N2O/c1-17(2)21-16-22(18(3)4)26-24(20-12-8-9-13-23(20)30-26)25(21)29-15-14-28-27(29)19-10-6-5-7-11-19/h5-18H,1-4H3. The Morgan fingerprint density at radius 2 is 1.53 bits per heavy atom. The molecule has 0 saturated heterocycles. The van der Waals surface area contributed by atoms with Crippen LogP contribution in [-0.4, -0.2) is 9.55 Å². The summed E-state index contributed by atoms with van der Waals surface area (Å²) < 4.78 is 8.67. The first-order valence-corrected chi connectivity index (χ1v) is 10.6. The number of aromatic nitrogens is 2. The molecule has 0 spiro atoms. The van der Waals surface area contributed by atoms with Crippen LogP contribution in [-0.2, 0) is 0 Å². The average molecular weight is 395 g/mol. The van der Waals surface area contributed by atoms with Crippen LogP contribution < -0.4 is 0 Å². The van der Waals surface area contributed by atoms with Crippen LogP contribution in [0.1, 0.15) is 50.7 Å². The van der Waals surface area contributed by atoms with Crippen LogP contribution in [0.5, 0.6) is 0 Å². The third-order valence-corrected chi connectivity index (χ3v) is 5.84. The molecule has 2 aromatic heterocycles. The topological polar surface area (TPSA) is 31.0 Å². The lowest BCUT2D eigenvalue weighted by atomic mass is 9.90. The molecule has 30 heavy (non-hydrogen) atoms. The third kappa shape index (κ3) is 2.85. The van der Waals surface area contributed by atoms with Gasteiger partial charge in [0, 0.05) is 23.3 Å². The second-order valence-electron chi connectivity index (χ2n) is 8.50. The van der Waals surface area contributed by atoms with Crippen molar-refractivity contribution in [1.82, 2.24) is 9.55 Å². The van der Waals surface area contributed by atoms with E-state index in [1.807, 2.05) is 18.3 Å². The Kier molecular flexibility index (Phi) is 4.47. The molecule has 3 nitrogen and oxygen atoms in total. The van der Waals surface area contributed by atoms with Crippen molar-refractivity contribution < 1.29 is 4.42 Å². The van der Waals surface area contributed by atoms with E-state index < -0.39 is 0 Å². The second kappa shape index (κ2) is 7.17. The first kappa shape index (κ1) is 18.7. The van der Waals surface area contributed by atoms with Crippen LogP contribution in [0.15, 0.2) is 77.5 Å². The Bertz CT molecular complexity index is 1340. The lowest BCUT2D eigenvalue weighted by Crippen LogP contribution is -2.05. The number of fused-ring (bicyclic) bond motifs is 3. The number of hydrogen-bond donors (Lipinski definition) is 0. The zero-order valence-electron chi connectivity index (χ0n) is 17.9. The number of para-hydroxylation sites is 1. The monoisotopic (exact) mass is 394 g/mol. The molecule has 0 N–H and O–H groups in total. The Labute approximate surface area is 177 Å². The van der Waals surface area contributed by atoms with Crippen molar-refractivity contribution >= 4 is 21.9 Å². The molecule has 0 fully saturated rings. The largest absolute Gasteiger partial charge is 0.456 e. The molecule has 150 valence electrons. The highest BCUT2D eigenvalue weighted by molar-refractivity contribution is 6.11. The number of benzene rings is 3. The number of furan rings is 1. The van der Waals surface area contributed by atoms with Gasteiger partial charge in [-0.2, -0.15) is 0 Å². The van der Waals surface area contributed by atoms with Gasteiger partial charge in [-0.25, -0.2) is 4.98 Å². The van der Waals surface area contributed by atoms with Crippen LogP contribution in [0.3, 0.4) is 0 Å². The molecule has 5 aromatic rings. The average Bonchev–Trinajstić information content (AvgIpc) is 3.38. The SMILES string of the molecule is CC(C)c1cc(C(C)C)c2oc3ccccc3c2c1-n1ccnc1-c1ccccc1. The fourth-order valence-corrected chi connectivity index (χ4v) is 4.34. The van der Waals surface area contributed by atoms with Crippen molar-refractivity contribution in [3.8, 4) is 17.1 Å². The van der Waals surface area contributed by atoms with Crippen molar-refractivity contribution in [2.75, 3.05) is 0 Å². The van der Waals surface area contributed by atoms with E-state index in [1.54, 1.807) is 0 Å². The predicted molar refractivity (Wildman–Crippen MR) is 124 cm³/mol. The molecule has 0 aliphatic rings. The lowest BCUT2D eigenvalue weighted by Gasteiger charge is -2.20. The molecule has 3 aromatic carbocycles. The number of hydrogen-bond acceptors (Lipinski definition) is 2. The van der Waals surface area contributed by atoms with Crippen LogP contribution in [0.25, 0.3) is 39.0 Å². The molecule has 0 saturated carbocycles. The molecule has 0 aliphatic carbocycles. The molecule has 0 bridgehead atoms. The van der Waals surface area contributed by atoms with Gasteiger partial charge < -0.3 is 4.42 Å². The van der Waals surface area contributed by atoms with Crippen LogP contribution >= 0.6 is 0 Å². The summed E-state index contributed by atoms with van der Waals surface area (Å²) in [6, 6.07) is 21.1. The zero-order chi connectivity index (χ0) is 20.8. The minimum absolute atomic E-state index is 0.363. The summed E-state index contributed by atoms with van der Waals surface area (Å²) in [4.78, 5) is 4.72. The fourth-order valence-electron chi connectivity index (χ4n) is 4.34. The van der Waals surface area contributed by atoms with Gasteiger partial charge >= 0.3 is 0 Å². The molecular formula is C27H26N2O. The van der Waals surface area contributed by atoms with Crippen LogP contribution in [0, 0.1) is 0 Å². The molecule has 0 unspecified atom stereocenters. The van der Waals surface area contributed by atoms with E-state index in [4.69, 9.17) is 9.40 Å². The highest BCUT2D eigenvalue weighted by Gasteiger charge is 2.24. The number of nitrogens with zero attached hydrogens (tertiary/aromatic N) is 2. The first-order valence-electron chi connectivity index (χ1n) is 10.6. The zero-order valence-corrected chi connectivity index (χ0v) is 17.9. The summed E-state index contributed by atoms with van der Waals surface area (Å²) in [6.45, 7) is 8.99. The molecule has 3 heteroatoms. The summed E-state index contributed by atoms with van der Waals surface area (Å²) in [5.74, 6) is 1.68. The molecule has 2 heterocycles. The van der Waals surface area contributed by atoms with E-state index in [2.05, 4.69) is 87.0 Å². The quantitative estimate of drug-likeness (QED) is 0.313. The highest BCUT2D eigenvalue weighted by Crippen LogP contribution is 2.42. The molecule has 0 aliphatic heterocycles. The minimum Gasteiger partial charge on any atom is -0.456 e. The smallest absolute Gasteiger partial charge is 0.144 e. The number of rotatable bonds is 4. The molecular weight excluding hydrogens is 368 g/mol. The molecule has 0 atom stereocenters. The Morgan fingerprint density at radius 1 is 0.833 bits per heavy atom. The van der Waals surface area contributed by atoms with Gasteiger partial charge in [-0.3, -0.25) is 4.57 Å². The predicted octanol–water partition coefficient (Wildman–Crippen LogP) is 7.69. The summed E-state index contributed by atoms with van der Waals surface area (Å²) in [6.07, 6.45) is 3.96. The Balaban J connectivity index is 1.95. The minimum atomic E-state index is 0.363. The second-order valence-corrected chi connectivity index (χ2v) is 8.50. The van der Waals surface area contributed by atoms with Gasteiger partial charge in [-0.1, -0.05) is 76.2 Å². The van der Waals surface area contributed by atoms with Crippen molar-refractivity contribution in [1.29, 1.82) is 0 Å². The fraction of sp³-hybridized carbons (Fsp3) is 0.222. The maximum Gasteiger partial charge on any atom is 0.144 e. The first-order chi connectivity index (χ1) is 14.6. The van der Waals surface area contributed by atoms with E-state index in [9.17, 15) is 0 Å². The molecule has 0 radical (unpaired) electrons. The van der Waals surface area contributed by atoms with Crippen molar-refractivity contribution in [3.05, 3.63) is 84.2 Å². The third-order valence-electron chi connectivity index (χ3n) is 5.84. The van der Waals surface area contributed by atoms with Gasteiger partial charge in [-0.05, 0) is 35.1 Å². The maximum absolute atomic E-state index is 6.43. The van der Waals surface area contributed by atoms with Gasteiger partial charge in [0.2, 0.25) is 0 Å². The van der Waals surface area contributed by atoms with Gasteiger partial charge in [0.05, 0.1) is 11.1 Å². The molecule has 5 rings (SSSR count). The van der Waals surface area contributed by atoms with Gasteiger partial charge in [-0.15, -0.1) is 0 Å². The van der Waals surface area contributed by atoms with Gasteiger partial charge in [0.25, 0.3) is 0 Å². The highest BCUT2D eigenvalue weighted by atomic mass is 16.3. The normalized spacial score (nSPS) is 11.9. The van der Waals surface area contributed by atoms with Crippen LogP contribution in [0.2, 0.25) is 0 Å². The summed E-state index contributed by atoms with van der Waals surface area (Å²) in [5, 5.41) is 2.33. The molecule has 0 amide bonds. The Hall–Kier alpha value is -3.33. The van der Waals surface area contributed by atoms with E-state index in [0.717, 1.165) is 27.9 Å². The summed E-state index contributed by atoms with van der Waals surface area (Å²) in [5.41, 5.74) is 6.76. The van der Waals surface area contributed by atoms with Gasteiger partial charge in [0.15, 0.2) is 0 Å². The maximum atomic E-state index is 6.43. The lowest BCUT2D eigenvalue weighted by molar-refractivity contribution is 0.656. The van der Waals surface area contributed by atoms with E-state index in [1.165, 1.54) is 22.2 Å². The van der Waals surface area contributed by atoms with Crippen molar-refractivity contribution in [2.24, 2.45) is 0 Å². The summed E-state index contributed by atoms with van der Waals surface area (Å²) >= 11 is 0. The number of imidazole rings is 1. The van der Waals surface area contributed by atoms with Crippen molar-refractivity contribution in [2.45, 2.75) is 39.5 Å². The Morgan fingerprint density at radius 3 is 2.27 bits per heavy atom. The van der Waals surface area contributed by atoms with E-state index >= 15 is 0 Å². The van der Waals surface area contributed by atoms with E-state index in [-0.39, 0.29) is 0 Å². The van der Waals surface area contributed by atoms with Crippen molar-refractivity contribution in [3.63, 3.8) is 0 Å². The van der Waals surface area contributed by atoms with Gasteiger partial charge in [0.1, 0.15) is 17.0 Å².